The third-order valence-corrected chi connectivity index (χ3v) is 4.61. The van der Waals surface area contributed by atoms with Crippen LogP contribution < -0.4 is 4.74 Å². The maximum atomic E-state index is 12.4. The number of rotatable bonds is 5. The van der Waals surface area contributed by atoms with E-state index in [-0.39, 0.29) is 11.5 Å². The number of hydrogen-bond acceptors (Lipinski definition) is 3. The number of hydrogen-bond donors (Lipinski definition) is 0. The molecule has 0 aromatic heterocycles. The third kappa shape index (κ3) is 3.58. The molecule has 0 amide bonds. The number of benzene rings is 2. The van der Waals surface area contributed by atoms with Crippen molar-refractivity contribution in [3.05, 3.63) is 59.2 Å². The van der Waals surface area contributed by atoms with E-state index in [1.165, 1.54) is 7.11 Å². The van der Waals surface area contributed by atoms with Crippen molar-refractivity contribution in [3.8, 4) is 5.75 Å². The zero-order valence-electron chi connectivity index (χ0n) is 12.4. The molecule has 0 aliphatic carbocycles. The average molecular weight is 302 g/mol. The van der Waals surface area contributed by atoms with Gasteiger partial charge in [-0.2, -0.15) is 0 Å². The van der Waals surface area contributed by atoms with E-state index in [1.54, 1.807) is 24.3 Å². The van der Waals surface area contributed by atoms with Crippen molar-refractivity contribution in [2.45, 2.75) is 18.7 Å². The Morgan fingerprint density at radius 3 is 2.52 bits per heavy atom. The van der Waals surface area contributed by atoms with Gasteiger partial charge in [0.15, 0.2) is 5.78 Å². The first-order valence-electron chi connectivity index (χ1n) is 6.64. The van der Waals surface area contributed by atoms with Crippen molar-refractivity contribution in [2.75, 3.05) is 12.9 Å². The monoisotopic (exact) mass is 302 g/mol. The van der Waals surface area contributed by atoms with E-state index in [0.717, 1.165) is 11.1 Å². The SMILES string of the molecule is COc1ccccc1S(=O)CC(=O)c1ccc(C)cc1C. The van der Waals surface area contributed by atoms with Crippen molar-refractivity contribution < 1.29 is 13.7 Å². The molecule has 0 fully saturated rings. The number of ether oxygens (including phenoxy) is 1. The summed E-state index contributed by atoms with van der Waals surface area (Å²) in [6.45, 7) is 3.88. The maximum absolute atomic E-state index is 12.4. The molecule has 0 heterocycles. The highest BCUT2D eigenvalue weighted by Gasteiger charge is 2.16. The van der Waals surface area contributed by atoms with Gasteiger partial charge in [-0.25, -0.2) is 0 Å². The van der Waals surface area contributed by atoms with Gasteiger partial charge in [0.1, 0.15) is 5.75 Å². The summed E-state index contributed by atoms with van der Waals surface area (Å²) >= 11 is 0. The summed E-state index contributed by atoms with van der Waals surface area (Å²) in [5.41, 5.74) is 2.65. The summed E-state index contributed by atoms with van der Waals surface area (Å²) < 4.78 is 17.6. The van der Waals surface area contributed by atoms with Crippen LogP contribution in [0.5, 0.6) is 5.75 Å². The first-order valence-corrected chi connectivity index (χ1v) is 7.96. The highest BCUT2D eigenvalue weighted by Crippen LogP contribution is 2.22. The van der Waals surface area contributed by atoms with E-state index in [2.05, 4.69) is 0 Å². The number of carbonyl (C=O) groups excluding carboxylic acids is 1. The molecule has 1 unspecified atom stereocenters. The maximum Gasteiger partial charge on any atom is 0.175 e. The van der Waals surface area contributed by atoms with Gasteiger partial charge in [0.25, 0.3) is 0 Å². The minimum absolute atomic E-state index is 0.0374. The predicted octanol–water partition coefficient (Wildman–Crippen LogP) is 3.30. The number of ketones is 1. The van der Waals surface area contributed by atoms with Gasteiger partial charge < -0.3 is 4.74 Å². The molecule has 1 atom stereocenters. The van der Waals surface area contributed by atoms with E-state index in [9.17, 15) is 9.00 Å². The fourth-order valence-electron chi connectivity index (χ4n) is 2.21. The molecule has 110 valence electrons. The lowest BCUT2D eigenvalue weighted by molar-refractivity contribution is 0.102. The molecule has 0 radical (unpaired) electrons. The second-order valence-corrected chi connectivity index (χ2v) is 6.30. The molecule has 3 nitrogen and oxygen atoms in total. The van der Waals surface area contributed by atoms with E-state index in [1.807, 2.05) is 32.0 Å². The molecule has 0 aliphatic rings. The van der Waals surface area contributed by atoms with Crippen LogP contribution in [0.1, 0.15) is 21.5 Å². The molecular weight excluding hydrogens is 284 g/mol. The summed E-state index contributed by atoms with van der Waals surface area (Å²) in [6.07, 6.45) is 0. The average Bonchev–Trinajstić information content (AvgIpc) is 2.46. The number of methoxy groups -OCH3 is 1. The number of Topliss-reactive ketones (excluding diaryl/α,β-unsaturated/α-hetero) is 1. The summed E-state index contributed by atoms with van der Waals surface area (Å²) in [7, 11) is 0.116. The van der Waals surface area contributed by atoms with Crippen molar-refractivity contribution >= 4 is 16.6 Å². The third-order valence-electron chi connectivity index (χ3n) is 3.26. The van der Waals surface area contributed by atoms with Crippen LogP contribution in [-0.2, 0) is 10.8 Å². The standard InChI is InChI=1S/C17H18O3S/c1-12-8-9-14(13(2)10-12)15(18)11-21(19)17-7-5-4-6-16(17)20-3/h4-10H,11H2,1-3H3. The summed E-state index contributed by atoms with van der Waals surface area (Å²) in [5.74, 6) is 0.394. The lowest BCUT2D eigenvalue weighted by Crippen LogP contribution is -2.13. The molecule has 0 saturated carbocycles. The Hall–Kier alpha value is -1.94. The normalized spacial score (nSPS) is 12.0. The Morgan fingerprint density at radius 1 is 1.14 bits per heavy atom. The fraction of sp³-hybridized carbons (Fsp3) is 0.235. The van der Waals surface area contributed by atoms with Gasteiger partial charge in [-0.3, -0.25) is 9.00 Å². The van der Waals surface area contributed by atoms with Crippen LogP contribution in [0.15, 0.2) is 47.4 Å². The Balaban J connectivity index is 2.21. The van der Waals surface area contributed by atoms with Gasteiger partial charge in [0.05, 0.1) is 28.6 Å². The topological polar surface area (TPSA) is 43.4 Å². The Bertz CT molecular complexity index is 692. The lowest BCUT2D eigenvalue weighted by Gasteiger charge is -2.09. The lowest BCUT2D eigenvalue weighted by atomic mass is 10.0. The van der Waals surface area contributed by atoms with Crippen LogP contribution in [0.4, 0.5) is 0 Å². The van der Waals surface area contributed by atoms with Crippen LogP contribution in [-0.4, -0.2) is 22.9 Å². The molecule has 2 aromatic carbocycles. The quantitative estimate of drug-likeness (QED) is 0.796. The van der Waals surface area contributed by atoms with E-state index in [4.69, 9.17) is 4.74 Å². The minimum atomic E-state index is -1.41. The van der Waals surface area contributed by atoms with E-state index in [0.29, 0.717) is 16.2 Å². The zero-order chi connectivity index (χ0) is 15.4. The van der Waals surface area contributed by atoms with Crippen molar-refractivity contribution in [3.63, 3.8) is 0 Å². The molecule has 2 rings (SSSR count). The van der Waals surface area contributed by atoms with Crippen molar-refractivity contribution in [1.82, 2.24) is 0 Å². The number of para-hydroxylation sites is 1. The largest absolute Gasteiger partial charge is 0.495 e. The number of aryl methyl sites for hydroxylation is 2. The van der Waals surface area contributed by atoms with Gasteiger partial charge in [0, 0.05) is 5.56 Å². The van der Waals surface area contributed by atoms with Crippen LogP contribution in [0.2, 0.25) is 0 Å². The smallest absolute Gasteiger partial charge is 0.175 e. The first kappa shape index (κ1) is 15.4. The highest BCUT2D eigenvalue weighted by molar-refractivity contribution is 7.86. The molecule has 0 aliphatic heterocycles. The van der Waals surface area contributed by atoms with Gasteiger partial charge in [0.2, 0.25) is 0 Å². The van der Waals surface area contributed by atoms with Gasteiger partial charge in [-0.05, 0) is 31.5 Å². The van der Waals surface area contributed by atoms with Crippen LogP contribution in [0, 0.1) is 13.8 Å². The van der Waals surface area contributed by atoms with Crippen LogP contribution in [0.3, 0.4) is 0 Å². The minimum Gasteiger partial charge on any atom is -0.495 e. The zero-order valence-corrected chi connectivity index (χ0v) is 13.2. The predicted molar refractivity (Wildman–Crippen MR) is 84.5 cm³/mol. The molecule has 0 spiro atoms. The Labute approximate surface area is 127 Å². The first-order chi connectivity index (χ1) is 10.0. The highest BCUT2D eigenvalue weighted by atomic mass is 32.2. The molecule has 0 N–H and O–H groups in total. The number of carbonyl (C=O) groups is 1. The van der Waals surface area contributed by atoms with E-state index < -0.39 is 10.8 Å². The molecule has 2 aromatic rings. The molecule has 0 saturated heterocycles. The summed E-state index contributed by atoms with van der Waals surface area (Å²) in [4.78, 5) is 12.9. The van der Waals surface area contributed by atoms with Gasteiger partial charge in [-0.15, -0.1) is 0 Å². The Kier molecular flexibility index (Phi) is 4.91. The molecular formula is C17H18O3S. The Morgan fingerprint density at radius 2 is 1.86 bits per heavy atom. The van der Waals surface area contributed by atoms with Crippen LogP contribution in [0.25, 0.3) is 0 Å². The molecule has 21 heavy (non-hydrogen) atoms. The van der Waals surface area contributed by atoms with Gasteiger partial charge in [-0.1, -0.05) is 35.9 Å². The van der Waals surface area contributed by atoms with Gasteiger partial charge >= 0.3 is 0 Å². The fourth-order valence-corrected chi connectivity index (χ4v) is 3.36. The van der Waals surface area contributed by atoms with Crippen molar-refractivity contribution in [2.24, 2.45) is 0 Å². The molecule has 4 heteroatoms. The summed E-state index contributed by atoms with van der Waals surface area (Å²) in [6, 6.07) is 12.7. The van der Waals surface area contributed by atoms with E-state index >= 15 is 0 Å². The van der Waals surface area contributed by atoms with Crippen molar-refractivity contribution in [1.29, 1.82) is 0 Å². The second kappa shape index (κ2) is 6.68. The molecule has 0 bridgehead atoms. The second-order valence-electron chi connectivity index (χ2n) is 4.88. The van der Waals surface area contributed by atoms with Crippen LogP contribution >= 0.6 is 0 Å². The summed E-state index contributed by atoms with van der Waals surface area (Å²) in [5, 5.41) is 0.